The number of ketones is 1. The molecule has 30 heavy (non-hydrogen) atoms. The molecule has 0 aromatic heterocycles. The number of rotatable bonds is 5. The lowest BCUT2D eigenvalue weighted by atomic mass is 9.73. The van der Waals surface area contributed by atoms with Crippen molar-refractivity contribution in [2.45, 2.75) is 31.1 Å². The average molecular weight is 407 g/mol. The number of carbonyl (C=O) groups is 2. The number of Topliss-reactive ketones (excluding diaryl/α,β-unsaturated/α-hetero) is 1. The molecule has 0 bridgehead atoms. The Morgan fingerprint density at radius 2 is 1.70 bits per heavy atom. The predicted molar refractivity (Wildman–Crippen MR) is 112 cm³/mol. The molecule has 4 rings (SSSR count). The predicted octanol–water partition coefficient (Wildman–Crippen LogP) is 3.72. The van der Waals surface area contributed by atoms with E-state index in [0.29, 0.717) is 35.6 Å². The van der Waals surface area contributed by atoms with E-state index < -0.39 is 0 Å². The highest BCUT2D eigenvalue weighted by atomic mass is 16.5. The van der Waals surface area contributed by atoms with E-state index in [1.807, 2.05) is 42.5 Å². The van der Waals surface area contributed by atoms with E-state index in [2.05, 4.69) is 5.32 Å². The van der Waals surface area contributed by atoms with Crippen LogP contribution in [0, 0.1) is 0 Å². The molecular formula is C24H25NO5. The van der Waals surface area contributed by atoms with Crippen LogP contribution in [0.3, 0.4) is 0 Å². The molecule has 0 saturated heterocycles. The zero-order chi connectivity index (χ0) is 21.3. The van der Waals surface area contributed by atoms with E-state index in [0.717, 1.165) is 16.9 Å². The molecule has 2 aromatic carbocycles. The van der Waals surface area contributed by atoms with Gasteiger partial charge in [0.1, 0.15) is 5.75 Å². The molecular weight excluding hydrogens is 382 g/mol. The summed E-state index contributed by atoms with van der Waals surface area (Å²) in [7, 11) is 4.77. The molecule has 156 valence electrons. The van der Waals surface area contributed by atoms with Gasteiger partial charge >= 0.3 is 0 Å². The van der Waals surface area contributed by atoms with Crippen LogP contribution in [0.2, 0.25) is 0 Å². The van der Waals surface area contributed by atoms with Crippen LogP contribution in [0.5, 0.6) is 17.2 Å². The lowest BCUT2D eigenvalue weighted by Crippen LogP contribution is -2.38. The molecule has 6 nitrogen and oxygen atoms in total. The van der Waals surface area contributed by atoms with Crippen LogP contribution < -0.4 is 19.5 Å². The van der Waals surface area contributed by atoms with Gasteiger partial charge in [-0.1, -0.05) is 24.3 Å². The number of para-hydroxylation sites is 1. The Morgan fingerprint density at radius 1 is 0.900 bits per heavy atom. The third kappa shape index (κ3) is 3.54. The second kappa shape index (κ2) is 8.22. The number of hydrogen-bond donors (Lipinski definition) is 1. The smallest absolute Gasteiger partial charge is 0.225 e. The van der Waals surface area contributed by atoms with Gasteiger partial charge in [-0.2, -0.15) is 0 Å². The fourth-order valence-corrected chi connectivity index (χ4v) is 4.54. The maximum absolute atomic E-state index is 13.3. The van der Waals surface area contributed by atoms with Crippen molar-refractivity contribution in [3.05, 3.63) is 64.9 Å². The topological polar surface area (TPSA) is 73.9 Å². The first kappa shape index (κ1) is 20.0. The Kier molecular flexibility index (Phi) is 5.48. The van der Waals surface area contributed by atoms with Gasteiger partial charge in [0, 0.05) is 35.6 Å². The monoisotopic (exact) mass is 407 g/mol. The quantitative estimate of drug-likeness (QED) is 0.818. The van der Waals surface area contributed by atoms with Crippen molar-refractivity contribution < 1.29 is 23.8 Å². The van der Waals surface area contributed by atoms with Crippen LogP contribution in [0.1, 0.15) is 42.2 Å². The number of amides is 1. The summed E-state index contributed by atoms with van der Waals surface area (Å²) in [6.45, 7) is 0. The Balaban J connectivity index is 1.75. The summed E-state index contributed by atoms with van der Waals surface area (Å²) < 4.78 is 16.3. The number of carbonyl (C=O) groups excluding carboxylic acids is 2. The van der Waals surface area contributed by atoms with Crippen molar-refractivity contribution >= 4 is 11.7 Å². The molecule has 1 aliphatic carbocycles. The van der Waals surface area contributed by atoms with Gasteiger partial charge in [-0.05, 0) is 36.1 Å². The Morgan fingerprint density at radius 3 is 2.43 bits per heavy atom. The molecule has 2 aromatic rings. The summed E-state index contributed by atoms with van der Waals surface area (Å²) in [5.74, 6) is 1.51. The lowest BCUT2D eigenvalue weighted by molar-refractivity contribution is -0.122. The van der Waals surface area contributed by atoms with E-state index in [1.165, 1.54) is 0 Å². The molecule has 0 radical (unpaired) electrons. The Hall–Kier alpha value is -3.28. The molecule has 2 atom stereocenters. The van der Waals surface area contributed by atoms with Crippen molar-refractivity contribution in [2.24, 2.45) is 0 Å². The summed E-state index contributed by atoms with van der Waals surface area (Å²) in [5, 5.41) is 2.96. The maximum atomic E-state index is 13.3. The van der Waals surface area contributed by atoms with Gasteiger partial charge in [0.2, 0.25) is 5.91 Å². The van der Waals surface area contributed by atoms with Gasteiger partial charge in [0.05, 0.1) is 21.3 Å². The zero-order valence-corrected chi connectivity index (χ0v) is 17.4. The van der Waals surface area contributed by atoms with Gasteiger partial charge in [0.25, 0.3) is 0 Å². The van der Waals surface area contributed by atoms with Crippen LogP contribution in [-0.2, 0) is 9.59 Å². The highest BCUT2D eigenvalue weighted by Crippen LogP contribution is 2.46. The number of methoxy groups -OCH3 is 3. The largest absolute Gasteiger partial charge is 0.497 e. The second-order valence-corrected chi connectivity index (χ2v) is 7.58. The first-order chi connectivity index (χ1) is 14.5. The number of benzene rings is 2. The summed E-state index contributed by atoms with van der Waals surface area (Å²) in [6, 6.07) is 13.3. The van der Waals surface area contributed by atoms with E-state index >= 15 is 0 Å². The molecule has 0 saturated carbocycles. The molecule has 1 heterocycles. The van der Waals surface area contributed by atoms with Crippen molar-refractivity contribution in [1.82, 2.24) is 5.32 Å². The lowest BCUT2D eigenvalue weighted by Gasteiger charge is -2.35. The molecule has 1 aliphatic heterocycles. The zero-order valence-electron chi connectivity index (χ0n) is 17.4. The van der Waals surface area contributed by atoms with Crippen molar-refractivity contribution in [2.75, 3.05) is 21.3 Å². The number of hydrogen-bond acceptors (Lipinski definition) is 5. The molecule has 0 spiro atoms. The highest BCUT2D eigenvalue weighted by molar-refractivity contribution is 6.02. The summed E-state index contributed by atoms with van der Waals surface area (Å²) in [4.78, 5) is 25.9. The van der Waals surface area contributed by atoms with Gasteiger partial charge in [-0.3, -0.25) is 9.59 Å². The van der Waals surface area contributed by atoms with Crippen molar-refractivity contribution in [3.8, 4) is 17.2 Å². The number of ether oxygens (including phenoxy) is 3. The van der Waals surface area contributed by atoms with Gasteiger partial charge in [-0.25, -0.2) is 0 Å². The summed E-state index contributed by atoms with van der Waals surface area (Å²) >= 11 is 0. The van der Waals surface area contributed by atoms with Crippen LogP contribution >= 0.6 is 0 Å². The number of nitrogens with one attached hydrogen (secondary N) is 1. The van der Waals surface area contributed by atoms with E-state index in [-0.39, 0.29) is 29.9 Å². The van der Waals surface area contributed by atoms with Crippen LogP contribution in [-0.4, -0.2) is 33.0 Å². The first-order valence-corrected chi connectivity index (χ1v) is 9.96. The third-order valence-corrected chi connectivity index (χ3v) is 5.91. The molecule has 1 amide bonds. The Labute approximate surface area is 175 Å². The fraction of sp³-hybridized carbons (Fsp3) is 0.333. The summed E-state index contributed by atoms with van der Waals surface area (Å²) in [5.41, 5.74) is 3.22. The van der Waals surface area contributed by atoms with E-state index in [4.69, 9.17) is 14.2 Å². The Bertz CT molecular complexity index is 1030. The van der Waals surface area contributed by atoms with Crippen LogP contribution in [0.4, 0.5) is 0 Å². The normalized spacial score (nSPS) is 21.0. The third-order valence-electron chi connectivity index (χ3n) is 5.91. The standard InChI is InChI=1S/C24H25NO5/c1-28-16-7-4-6-14(10-16)15-11-19-23(20(26)12-15)18(13-22(27)25-19)17-8-5-9-21(29-2)24(17)30-3/h4-10,15,18H,11-13H2,1-3H3,(H,25,27)/t15-,18-/m1/s1. The molecule has 1 N–H and O–H groups in total. The summed E-state index contributed by atoms with van der Waals surface area (Å²) in [6.07, 6.45) is 1.20. The van der Waals surface area contributed by atoms with Crippen molar-refractivity contribution in [1.29, 1.82) is 0 Å². The van der Waals surface area contributed by atoms with Gasteiger partial charge in [0.15, 0.2) is 17.3 Å². The van der Waals surface area contributed by atoms with Gasteiger partial charge < -0.3 is 19.5 Å². The van der Waals surface area contributed by atoms with E-state index in [1.54, 1.807) is 21.3 Å². The average Bonchev–Trinajstić information content (AvgIpc) is 2.77. The molecule has 6 heteroatoms. The van der Waals surface area contributed by atoms with Gasteiger partial charge in [-0.15, -0.1) is 0 Å². The highest BCUT2D eigenvalue weighted by Gasteiger charge is 2.39. The number of allylic oxidation sites excluding steroid dienone is 2. The van der Waals surface area contributed by atoms with Crippen LogP contribution in [0.25, 0.3) is 0 Å². The minimum Gasteiger partial charge on any atom is -0.497 e. The second-order valence-electron chi connectivity index (χ2n) is 7.58. The fourth-order valence-electron chi connectivity index (χ4n) is 4.54. The first-order valence-electron chi connectivity index (χ1n) is 9.96. The van der Waals surface area contributed by atoms with Crippen LogP contribution in [0.15, 0.2) is 53.7 Å². The minimum absolute atomic E-state index is 0.00222. The SMILES string of the molecule is COc1cccc([C@H]2CC(=O)C3=C(C2)NC(=O)C[C@@H]3c2cccc(OC)c2OC)c1. The minimum atomic E-state index is -0.349. The molecule has 2 aliphatic rings. The van der Waals surface area contributed by atoms with E-state index in [9.17, 15) is 9.59 Å². The molecule has 0 unspecified atom stereocenters. The molecule has 0 fully saturated rings. The maximum Gasteiger partial charge on any atom is 0.225 e. The van der Waals surface area contributed by atoms with Crippen molar-refractivity contribution in [3.63, 3.8) is 0 Å².